The van der Waals surface area contributed by atoms with Crippen molar-refractivity contribution in [1.29, 1.82) is 0 Å². The molecule has 23 heavy (non-hydrogen) atoms. The maximum Gasteiger partial charge on any atom is 0.136 e. The Morgan fingerprint density at radius 1 is 0.739 bits per heavy atom. The molecule has 0 saturated heterocycles. The van der Waals surface area contributed by atoms with Crippen molar-refractivity contribution in [2.75, 3.05) is 0 Å². The Morgan fingerprint density at radius 3 is 1.78 bits per heavy atom. The van der Waals surface area contributed by atoms with Crippen LogP contribution in [-0.2, 0) is 9.59 Å². The van der Waals surface area contributed by atoms with Gasteiger partial charge in [-0.25, -0.2) is 0 Å². The third-order valence-electron chi connectivity index (χ3n) is 4.09. The molecular weight excluding hydrogens is 284 g/mol. The summed E-state index contributed by atoms with van der Waals surface area (Å²) < 4.78 is 0. The second kappa shape index (κ2) is 17.2. The van der Waals surface area contributed by atoms with Crippen molar-refractivity contribution in [1.82, 2.24) is 0 Å². The summed E-state index contributed by atoms with van der Waals surface area (Å²) >= 11 is 0. The molecule has 0 atom stereocenters. The minimum Gasteiger partial charge on any atom is -0.300 e. The van der Waals surface area contributed by atoms with Crippen molar-refractivity contribution in [2.24, 2.45) is 0 Å². The molecule has 0 bridgehead atoms. The number of carbonyl (C=O) groups excluding carboxylic acids is 2. The highest BCUT2D eigenvalue weighted by atomic mass is 16.1. The van der Waals surface area contributed by atoms with E-state index < -0.39 is 0 Å². The Labute approximate surface area is 143 Å². The SMILES string of the molecule is C=CC=CCC(=O)CCCCC(=O)CCCCCCCCCC. The summed E-state index contributed by atoms with van der Waals surface area (Å²) in [6.45, 7) is 5.81. The number of allylic oxidation sites excluding steroid dienone is 3. The Balaban J connectivity index is 3.35. The molecule has 0 amide bonds. The van der Waals surface area contributed by atoms with E-state index >= 15 is 0 Å². The van der Waals surface area contributed by atoms with E-state index in [9.17, 15) is 9.59 Å². The van der Waals surface area contributed by atoms with Crippen LogP contribution < -0.4 is 0 Å². The lowest BCUT2D eigenvalue weighted by molar-refractivity contribution is -0.120. The molecule has 0 fully saturated rings. The Kier molecular flexibility index (Phi) is 16.3. The summed E-state index contributed by atoms with van der Waals surface area (Å²) in [5, 5.41) is 0. The first-order valence-corrected chi connectivity index (χ1v) is 9.51. The van der Waals surface area contributed by atoms with Crippen LogP contribution in [0, 0.1) is 0 Å². The lowest BCUT2D eigenvalue weighted by atomic mass is 10.0. The second-order valence-electron chi connectivity index (χ2n) is 6.38. The number of hydrogen-bond donors (Lipinski definition) is 0. The molecule has 0 aromatic rings. The van der Waals surface area contributed by atoms with Gasteiger partial charge in [0, 0.05) is 25.7 Å². The topological polar surface area (TPSA) is 34.1 Å². The molecule has 0 N–H and O–H groups in total. The van der Waals surface area contributed by atoms with Crippen molar-refractivity contribution < 1.29 is 9.59 Å². The molecule has 0 aliphatic heterocycles. The summed E-state index contributed by atoms with van der Waals surface area (Å²) in [4.78, 5) is 23.3. The molecule has 0 aliphatic carbocycles. The Bertz CT molecular complexity index is 342. The first-order valence-electron chi connectivity index (χ1n) is 9.51. The molecule has 0 aromatic carbocycles. The lowest BCUT2D eigenvalue weighted by Crippen LogP contribution is -2.00. The molecule has 0 spiro atoms. The molecule has 2 heteroatoms. The fourth-order valence-corrected chi connectivity index (χ4v) is 2.62. The summed E-state index contributed by atoms with van der Waals surface area (Å²) in [5.41, 5.74) is 0. The zero-order chi connectivity index (χ0) is 17.2. The minimum absolute atomic E-state index is 0.249. The number of Topliss-reactive ketones (excluding diaryl/α,β-unsaturated/α-hetero) is 2. The van der Waals surface area contributed by atoms with Crippen molar-refractivity contribution in [3.63, 3.8) is 0 Å². The van der Waals surface area contributed by atoms with Crippen molar-refractivity contribution >= 4 is 11.6 Å². The van der Waals surface area contributed by atoms with E-state index in [1.165, 1.54) is 44.9 Å². The minimum atomic E-state index is 0.249. The number of hydrogen-bond acceptors (Lipinski definition) is 2. The molecule has 0 unspecified atom stereocenters. The monoisotopic (exact) mass is 320 g/mol. The average Bonchev–Trinajstić information content (AvgIpc) is 2.54. The van der Waals surface area contributed by atoms with Crippen LogP contribution in [0.1, 0.15) is 96.8 Å². The van der Waals surface area contributed by atoms with E-state index in [1.807, 2.05) is 6.08 Å². The Morgan fingerprint density at radius 2 is 1.22 bits per heavy atom. The fourth-order valence-electron chi connectivity index (χ4n) is 2.62. The van der Waals surface area contributed by atoms with Crippen molar-refractivity contribution in [3.8, 4) is 0 Å². The molecule has 0 aliphatic rings. The predicted molar refractivity (Wildman–Crippen MR) is 99.7 cm³/mol. The van der Waals surface area contributed by atoms with Crippen LogP contribution in [0.5, 0.6) is 0 Å². The number of rotatable bonds is 17. The number of ketones is 2. The third-order valence-corrected chi connectivity index (χ3v) is 4.09. The van der Waals surface area contributed by atoms with Gasteiger partial charge in [-0.2, -0.15) is 0 Å². The zero-order valence-corrected chi connectivity index (χ0v) is 15.2. The average molecular weight is 321 g/mol. The van der Waals surface area contributed by atoms with E-state index in [2.05, 4.69) is 13.5 Å². The molecule has 0 heterocycles. The van der Waals surface area contributed by atoms with E-state index in [4.69, 9.17) is 0 Å². The van der Waals surface area contributed by atoms with Gasteiger partial charge in [-0.05, 0) is 19.3 Å². The van der Waals surface area contributed by atoms with Crippen LogP contribution in [0.4, 0.5) is 0 Å². The molecule has 2 nitrogen and oxygen atoms in total. The summed E-state index contributed by atoms with van der Waals surface area (Å²) in [6, 6.07) is 0. The largest absolute Gasteiger partial charge is 0.300 e. The van der Waals surface area contributed by atoms with Crippen LogP contribution in [0.2, 0.25) is 0 Å². The highest BCUT2D eigenvalue weighted by Gasteiger charge is 2.04. The van der Waals surface area contributed by atoms with Gasteiger partial charge in [-0.15, -0.1) is 0 Å². The number of carbonyl (C=O) groups is 2. The molecule has 132 valence electrons. The number of unbranched alkanes of at least 4 members (excludes halogenated alkanes) is 8. The van der Waals surface area contributed by atoms with Gasteiger partial charge in [0.25, 0.3) is 0 Å². The lowest BCUT2D eigenvalue weighted by Gasteiger charge is -2.02. The summed E-state index contributed by atoms with van der Waals surface area (Å²) in [7, 11) is 0. The van der Waals surface area contributed by atoms with Crippen LogP contribution in [-0.4, -0.2) is 11.6 Å². The van der Waals surface area contributed by atoms with Crippen LogP contribution in [0.3, 0.4) is 0 Å². The van der Waals surface area contributed by atoms with Gasteiger partial charge in [0.1, 0.15) is 11.6 Å². The van der Waals surface area contributed by atoms with E-state index in [0.717, 1.165) is 25.7 Å². The smallest absolute Gasteiger partial charge is 0.136 e. The zero-order valence-electron chi connectivity index (χ0n) is 15.2. The quantitative estimate of drug-likeness (QED) is 0.231. The summed E-state index contributed by atoms with van der Waals surface area (Å²) in [5.74, 6) is 0.619. The van der Waals surface area contributed by atoms with Gasteiger partial charge < -0.3 is 0 Å². The van der Waals surface area contributed by atoms with Gasteiger partial charge in [-0.1, -0.05) is 76.7 Å². The summed E-state index contributed by atoms with van der Waals surface area (Å²) in [6.07, 6.45) is 19.6. The highest BCUT2D eigenvalue weighted by Crippen LogP contribution is 2.11. The molecule has 0 aromatic heterocycles. The molecule has 0 radical (unpaired) electrons. The highest BCUT2D eigenvalue weighted by molar-refractivity contribution is 5.80. The predicted octanol–water partition coefficient (Wildman–Crippen LogP) is 6.35. The van der Waals surface area contributed by atoms with Crippen LogP contribution >= 0.6 is 0 Å². The Hall–Kier alpha value is -1.18. The fraction of sp³-hybridized carbons (Fsp3) is 0.714. The van der Waals surface area contributed by atoms with E-state index in [1.54, 1.807) is 12.2 Å². The first kappa shape index (κ1) is 21.8. The molecular formula is C21H36O2. The second-order valence-corrected chi connectivity index (χ2v) is 6.38. The maximum absolute atomic E-state index is 11.8. The van der Waals surface area contributed by atoms with Crippen molar-refractivity contribution in [2.45, 2.75) is 96.8 Å². The van der Waals surface area contributed by atoms with Gasteiger partial charge >= 0.3 is 0 Å². The van der Waals surface area contributed by atoms with Crippen LogP contribution in [0.25, 0.3) is 0 Å². The van der Waals surface area contributed by atoms with E-state index in [0.29, 0.717) is 25.0 Å². The standard InChI is InChI=1S/C21H36O2/c1-3-5-7-8-9-10-11-13-17-21(23)19-15-14-18-20(22)16-12-6-4-2/h4,6,12H,2-3,5,7-11,13-19H2,1H3. The molecule has 0 saturated carbocycles. The normalized spacial score (nSPS) is 11.0. The maximum atomic E-state index is 11.8. The van der Waals surface area contributed by atoms with Gasteiger partial charge in [0.15, 0.2) is 0 Å². The van der Waals surface area contributed by atoms with Crippen molar-refractivity contribution in [3.05, 3.63) is 24.8 Å². The van der Waals surface area contributed by atoms with E-state index in [-0.39, 0.29) is 5.78 Å². The van der Waals surface area contributed by atoms with Gasteiger partial charge in [0.2, 0.25) is 0 Å². The van der Waals surface area contributed by atoms with Gasteiger partial charge in [0.05, 0.1) is 0 Å². The van der Waals surface area contributed by atoms with Gasteiger partial charge in [-0.3, -0.25) is 9.59 Å². The first-order chi connectivity index (χ1) is 11.2. The molecule has 0 rings (SSSR count). The third kappa shape index (κ3) is 17.0. The van der Waals surface area contributed by atoms with Crippen LogP contribution in [0.15, 0.2) is 24.8 Å².